The zero-order valence-corrected chi connectivity index (χ0v) is 14.4. The normalized spacial score (nSPS) is 11.9. The molecule has 25 heavy (non-hydrogen) atoms. The summed E-state index contributed by atoms with van der Waals surface area (Å²) >= 11 is 0. The van der Waals surface area contributed by atoms with Crippen LogP contribution in [0.1, 0.15) is 18.1 Å². The molecule has 0 saturated heterocycles. The Balaban J connectivity index is 1.60. The molecule has 0 N–H and O–H groups in total. The molecule has 0 aliphatic rings. The Morgan fingerprint density at radius 1 is 1.00 bits per heavy atom. The van der Waals surface area contributed by atoms with Crippen molar-refractivity contribution in [3.8, 4) is 5.75 Å². The van der Waals surface area contributed by atoms with E-state index in [1.54, 1.807) is 19.5 Å². The maximum atomic E-state index is 12.2. The molecule has 1 aromatic heterocycles. The number of hydrogen-bond acceptors (Lipinski definition) is 4. The van der Waals surface area contributed by atoms with Gasteiger partial charge in [0.25, 0.3) is 0 Å². The Morgan fingerprint density at radius 2 is 1.72 bits per heavy atom. The van der Waals surface area contributed by atoms with Crippen LogP contribution in [-0.2, 0) is 22.6 Å². The van der Waals surface area contributed by atoms with Gasteiger partial charge in [0.15, 0.2) is 0 Å². The molecule has 4 heteroatoms. The van der Waals surface area contributed by atoms with Crippen LogP contribution in [0.4, 0.5) is 0 Å². The van der Waals surface area contributed by atoms with Crippen LogP contribution >= 0.6 is 0 Å². The second-order valence-corrected chi connectivity index (χ2v) is 6.12. The third kappa shape index (κ3) is 4.35. The van der Waals surface area contributed by atoms with Gasteiger partial charge >= 0.3 is 5.97 Å². The first-order valence-corrected chi connectivity index (χ1v) is 8.28. The number of fused-ring (bicyclic) bond motifs is 1. The van der Waals surface area contributed by atoms with E-state index >= 15 is 0 Å². The van der Waals surface area contributed by atoms with E-state index in [1.165, 1.54) is 0 Å². The number of ether oxygens (including phenoxy) is 2. The predicted octanol–water partition coefficient (Wildman–Crippen LogP) is 4.17. The third-order valence-electron chi connectivity index (χ3n) is 4.19. The lowest BCUT2D eigenvalue weighted by Gasteiger charge is -2.12. The van der Waals surface area contributed by atoms with Gasteiger partial charge in [0.1, 0.15) is 12.4 Å². The van der Waals surface area contributed by atoms with Gasteiger partial charge in [0.05, 0.1) is 13.0 Å². The lowest BCUT2D eigenvalue weighted by atomic mass is 10.0. The number of esters is 1. The van der Waals surface area contributed by atoms with Crippen molar-refractivity contribution in [2.45, 2.75) is 20.0 Å². The molecule has 1 heterocycles. The van der Waals surface area contributed by atoms with Gasteiger partial charge in [-0.25, -0.2) is 0 Å². The van der Waals surface area contributed by atoms with Crippen molar-refractivity contribution in [2.75, 3.05) is 7.11 Å². The van der Waals surface area contributed by atoms with E-state index < -0.39 is 0 Å². The van der Waals surface area contributed by atoms with Gasteiger partial charge in [-0.15, -0.1) is 0 Å². The summed E-state index contributed by atoms with van der Waals surface area (Å²) in [7, 11) is 1.65. The van der Waals surface area contributed by atoms with Gasteiger partial charge in [0, 0.05) is 12.4 Å². The van der Waals surface area contributed by atoms with Gasteiger partial charge in [-0.3, -0.25) is 9.78 Å². The fraction of sp³-hybridized carbons (Fsp3) is 0.238. The first-order chi connectivity index (χ1) is 12.2. The summed E-state index contributed by atoms with van der Waals surface area (Å²) in [4.78, 5) is 16.2. The molecule has 3 rings (SSSR count). The number of nitrogens with zero attached hydrogens (tertiary/aromatic N) is 1. The van der Waals surface area contributed by atoms with Crippen LogP contribution in [0, 0.1) is 5.92 Å². The summed E-state index contributed by atoms with van der Waals surface area (Å²) in [5.41, 5.74) is 2.06. The molecule has 128 valence electrons. The minimum absolute atomic E-state index is 0.188. The van der Waals surface area contributed by atoms with Crippen molar-refractivity contribution in [3.63, 3.8) is 0 Å². The van der Waals surface area contributed by atoms with Crippen LogP contribution in [-0.4, -0.2) is 18.1 Å². The maximum absolute atomic E-state index is 12.2. The third-order valence-corrected chi connectivity index (χ3v) is 4.19. The Labute approximate surface area is 147 Å². The van der Waals surface area contributed by atoms with Gasteiger partial charge < -0.3 is 9.47 Å². The van der Waals surface area contributed by atoms with Gasteiger partial charge in [-0.2, -0.15) is 0 Å². The number of hydrogen-bond donors (Lipinski definition) is 0. The summed E-state index contributed by atoms with van der Waals surface area (Å²) in [5.74, 6) is 0.454. The molecule has 0 fully saturated rings. The molecule has 1 atom stereocenters. The lowest BCUT2D eigenvalue weighted by molar-refractivity contribution is -0.149. The quantitative estimate of drug-likeness (QED) is 0.635. The molecule has 0 saturated carbocycles. The van der Waals surface area contributed by atoms with E-state index in [1.807, 2.05) is 55.5 Å². The molecule has 4 nitrogen and oxygen atoms in total. The Kier molecular flexibility index (Phi) is 5.29. The highest BCUT2D eigenvalue weighted by Gasteiger charge is 2.15. The van der Waals surface area contributed by atoms with E-state index in [9.17, 15) is 4.79 Å². The summed E-state index contributed by atoms with van der Waals surface area (Å²) in [5, 5.41) is 2.19. The summed E-state index contributed by atoms with van der Waals surface area (Å²) in [6, 6.07) is 15.8. The summed E-state index contributed by atoms with van der Waals surface area (Å²) < 4.78 is 10.7. The molecule has 0 bridgehead atoms. The highest BCUT2D eigenvalue weighted by atomic mass is 16.5. The molecule has 0 radical (unpaired) electrons. The Morgan fingerprint density at radius 3 is 2.48 bits per heavy atom. The van der Waals surface area contributed by atoms with Crippen LogP contribution in [0.5, 0.6) is 5.75 Å². The first-order valence-electron chi connectivity index (χ1n) is 8.28. The molecular formula is C21H21NO3. The number of rotatable bonds is 6. The molecule has 3 aromatic rings. The lowest BCUT2D eigenvalue weighted by Crippen LogP contribution is -2.17. The smallest absolute Gasteiger partial charge is 0.309 e. The Bertz CT molecular complexity index is 861. The largest absolute Gasteiger partial charge is 0.497 e. The van der Waals surface area contributed by atoms with E-state index in [4.69, 9.17) is 9.47 Å². The zero-order valence-electron chi connectivity index (χ0n) is 14.4. The highest BCUT2D eigenvalue weighted by molar-refractivity contribution is 5.84. The fourth-order valence-corrected chi connectivity index (χ4v) is 2.74. The van der Waals surface area contributed by atoms with Crippen LogP contribution in [0.2, 0.25) is 0 Å². The molecule has 0 amide bonds. The summed E-state index contributed by atoms with van der Waals surface area (Å²) in [6.45, 7) is 2.16. The van der Waals surface area contributed by atoms with Gasteiger partial charge in [-0.05, 0) is 58.7 Å². The first kappa shape index (κ1) is 17.0. The van der Waals surface area contributed by atoms with Crippen molar-refractivity contribution in [1.82, 2.24) is 4.98 Å². The number of aromatic nitrogens is 1. The number of carbonyl (C=O) groups excluding carboxylic acids is 1. The topological polar surface area (TPSA) is 48.4 Å². The second-order valence-electron chi connectivity index (χ2n) is 6.12. The van der Waals surface area contributed by atoms with Crippen molar-refractivity contribution >= 4 is 16.7 Å². The average molecular weight is 335 g/mol. The molecule has 0 spiro atoms. The SMILES string of the molecule is COc1ccc2cc(COC(=O)C(C)Cc3ccncc3)ccc2c1. The van der Waals surface area contributed by atoms with Crippen LogP contribution in [0.15, 0.2) is 60.9 Å². The average Bonchev–Trinajstić information content (AvgIpc) is 2.66. The van der Waals surface area contributed by atoms with Crippen LogP contribution < -0.4 is 4.74 Å². The number of benzene rings is 2. The zero-order chi connectivity index (χ0) is 17.6. The van der Waals surface area contributed by atoms with Gasteiger partial charge in [-0.1, -0.05) is 25.1 Å². The van der Waals surface area contributed by atoms with Crippen molar-refractivity contribution in [2.24, 2.45) is 5.92 Å². The van der Waals surface area contributed by atoms with E-state index in [0.29, 0.717) is 6.42 Å². The summed E-state index contributed by atoms with van der Waals surface area (Å²) in [6.07, 6.45) is 4.12. The Hall–Kier alpha value is -2.88. The number of carbonyl (C=O) groups is 1. The second kappa shape index (κ2) is 7.79. The maximum Gasteiger partial charge on any atom is 0.309 e. The fourth-order valence-electron chi connectivity index (χ4n) is 2.74. The van der Waals surface area contributed by atoms with Gasteiger partial charge in [0.2, 0.25) is 0 Å². The van der Waals surface area contributed by atoms with Crippen LogP contribution in [0.3, 0.4) is 0 Å². The number of methoxy groups -OCH3 is 1. The van der Waals surface area contributed by atoms with E-state index in [0.717, 1.165) is 27.6 Å². The number of pyridine rings is 1. The molecule has 1 unspecified atom stereocenters. The van der Waals surface area contributed by atoms with E-state index in [2.05, 4.69) is 4.98 Å². The molecular weight excluding hydrogens is 314 g/mol. The van der Waals surface area contributed by atoms with Crippen LogP contribution in [0.25, 0.3) is 10.8 Å². The van der Waals surface area contributed by atoms with E-state index in [-0.39, 0.29) is 18.5 Å². The van der Waals surface area contributed by atoms with Crippen molar-refractivity contribution in [1.29, 1.82) is 0 Å². The minimum atomic E-state index is -0.188. The minimum Gasteiger partial charge on any atom is -0.497 e. The van der Waals surface area contributed by atoms with Crippen molar-refractivity contribution in [3.05, 3.63) is 72.1 Å². The molecule has 0 aliphatic carbocycles. The predicted molar refractivity (Wildman–Crippen MR) is 97.4 cm³/mol. The molecule has 2 aromatic carbocycles. The standard InChI is InChI=1S/C21H21NO3/c1-15(11-16-7-9-22-10-8-16)21(23)25-14-17-3-4-19-13-20(24-2)6-5-18(19)12-17/h3-10,12-13,15H,11,14H2,1-2H3. The monoisotopic (exact) mass is 335 g/mol. The van der Waals surface area contributed by atoms with Crippen molar-refractivity contribution < 1.29 is 14.3 Å². The molecule has 0 aliphatic heterocycles. The highest BCUT2D eigenvalue weighted by Crippen LogP contribution is 2.22.